The smallest absolute Gasteiger partial charge is 0.320 e. The van der Waals surface area contributed by atoms with Crippen LogP contribution in [0.1, 0.15) is 19.3 Å². The number of hydrogen-bond acceptors (Lipinski definition) is 3. The average molecular weight is 203 g/mol. The Kier molecular flexibility index (Phi) is 4.59. The summed E-state index contributed by atoms with van der Waals surface area (Å²) in [6, 6.07) is -0.207. The van der Waals surface area contributed by atoms with Crippen molar-refractivity contribution in [2.45, 2.75) is 25.3 Å². The van der Waals surface area contributed by atoms with E-state index in [1.54, 1.807) is 0 Å². The van der Waals surface area contributed by atoms with E-state index < -0.39 is 5.97 Å². The number of likely N-dealkylation sites (tertiary alicyclic amines) is 1. The van der Waals surface area contributed by atoms with E-state index in [1.165, 1.54) is 0 Å². The first-order valence-electron chi connectivity index (χ1n) is 4.71. The van der Waals surface area contributed by atoms with Crippen molar-refractivity contribution in [3.05, 3.63) is 0 Å². The third-order valence-corrected chi connectivity index (χ3v) is 3.14. The highest BCUT2D eigenvalue weighted by Gasteiger charge is 2.29. The molecule has 0 spiro atoms. The molecule has 0 aromatic heterocycles. The molecule has 13 heavy (non-hydrogen) atoms. The summed E-state index contributed by atoms with van der Waals surface area (Å²) in [7, 11) is 0. The molecule has 0 radical (unpaired) electrons. The lowest BCUT2D eigenvalue weighted by atomic mass is 10.2. The van der Waals surface area contributed by atoms with Gasteiger partial charge in [0.15, 0.2) is 0 Å². The molecule has 1 heterocycles. The molecule has 0 aromatic rings. The molecule has 0 aliphatic carbocycles. The zero-order valence-electron chi connectivity index (χ0n) is 8.03. The molecule has 1 aliphatic rings. The second-order valence-corrected chi connectivity index (χ2v) is 4.36. The Morgan fingerprint density at radius 1 is 1.69 bits per heavy atom. The number of rotatable bonds is 5. The third kappa shape index (κ3) is 3.19. The van der Waals surface area contributed by atoms with Crippen LogP contribution in [0, 0.1) is 0 Å². The first-order valence-corrected chi connectivity index (χ1v) is 6.11. The zero-order chi connectivity index (χ0) is 9.68. The van der Waals surface area contributed by atoms with Crippen molar-refractivity contribution in [2.75, 3.05) is 25.1 Å². The molecule has 3 nitrogen and oxygen atoms in total. The number of carbonyl (C=O) groups is 1. The largest absolute Gasteiger partial charge is 0.480 e. The molecular weight excluding hydrogens is 186 g/mol. The van der Waals surface area contributed by atoms with E-state index >= 15 is 0 Å². The highest BCUT2D eigenvalue weighted by atomic mass is 32.2. The highest BCUT2D eigenvalue weighted by Crippen LogP contribution is 2.17. The quantitative estimate of drug-likeness (QED) is 0.684. The molecule has 1 rings (SSSR count). The maximum atomic E-state index is 10.8. The molecule has 0 bridgehead atoms. The molecule has 76 valence electrons. The fourth-order valence-electron chi connectivity index (χ4n) is 1.79. The Morgan fingerprint density at radius 2 is 2.46 bits per heavy atom. The topological polar surface area (TPSA) is 40.5 Å². The van der Waals surface area contributed by atoms with Gasteiger partial charge in [0, 0.05) is 0 Å². The van der Waals surface area contributed by atoms with E-state index in [9.17, 15) is 4.79 Å². The van der Waals surface area contributed by atoms with Crippen molar-refractivity contribution in [3.63, 3.8) is 0 Å². The molecule has 1 atom stereocenters. The van der Waals surface area contributed by atoms with E-state index in [2.05, 4.69) is 11.2 Å². The van der Waals surface area contributed by atoms with Crippen LogP contribution in [0.15, 0.2) is 0 Å². The molecule has 0 unspecified atom stereocenters. The Balaban J connectivity index is 2.27. The number of hydrogen-bond donors (Lipinski definition) is 1. The van der Waals surface area contributed by atoms with Crippen LogP contribution in [0.5, 0.6) is 0 Å². The van der Waals surface area contributed by atoms with Gasteiger partial charge < -0.3 is 5.11 Å². The Labute approximate surface area is 83.5 Å². The Bertz CT molecular complexity index is 175. The van der Waals surface area contributed by atoms with Gasteiger partial charge in [0.25, 0.3) is 0 Å². The minimum Gasteiger partial charge on any atom is -0.480 e. The normalized spacial score (nSPS) is 23.6. The molecule has 0 amide bonds. The Morgan fingerprint density at radius 3 is 3.08 bits per heavy atom. The van der Waals surface area contributed by atoms with Gasteiger partial charge >= 0.3 is 5.97 Å². The van der Waals surface area contributed by atoms with Gasteiger partial charge in [0.05, 0.1) is 0 Å². The van der Waals surface area contributed by atoms with Crippen LogP contribution in [0.3, 0.4) is 0 Å². The number of aliphatic carboxylic acids is 1. The maximum absolute atomic E-state index is 10.8. The van der Waals surface area contributed by atoms with Crippen LogP contribution in [-0.4, -0.2) is 47.1 Å². The molecule has 1 N–H and O–H groups in total. The van der Waals surface area contributed by atoms with Crippen molar-refractivity contribution in [2.24, 2.45) is 0 Å². The van der Waals surface area contributed by atoms with Gasteiger partial charge in [-0.1, -0.05) is 0 Å². The fraction of sp³-hybridized carbons (Fsp3) is 0.889. The standard InChI is InChI=1S/C9H17NO2S/c1-13-7-3-6-10-5-2-4-8(10)9(11)12/h8H,2-7H2,1H3,(H,11,12)/t8-/m0/s1. The number of nitrogens with zero attached hydrogens (tertiary/aromatic N) is 1. The molecule has 1 fully saturated rings. The van der Waals surface area contributed by atoms with Gasteiger partial charge in [-0.05, 0) is 44.4 Å². The van der Waals surface area contributed by atoms with Gasteiger partial charge in [0.1, 0.15) is 6.04 Å². The number of carboxylic acid groups (broad SMARTS) is 1. The lowest BCUT2D eigenvalue weighted by Crippen LogP contribution is -2.36. The SMILES string of the molecule is CSCCCN1CCC[C@H]1C(=O)O. The van der Waals surface area contributed by atoms with E-state index in [0.717, 1.165) is 38.1 Å². The lowest BCUT2D eigenvalue weighted by molar-refractivity contribution is -0.142. The van der Waals surface area contributed by atoms with Gasteiger partial charge in [-0.15, -0.1) is 0 Å². The molecule has 0 saturated carbocycles. The first kappa shape index (κ1) is 10.9. The van der Waals surface area contributed by atoms with Crippen LogP contribution in [-0.2, 0) is 4.79 Å². The van der Waals surface area contributed by atoms with Gasteiger partial charge in [-0.3, -0.25) is 9.69 Å². The van der Waals surface area contributed by atoms with E-state index in [0.29, 0.717) is 0 Å². The molecule has 1 aliphatic heterocycles. The minimum atomic E-state index is -0.651. The molecule has 4 heteroatoms. The number of carboxylic acids is 1. The number of thioether (sulfide) groups is 1. The first-order chi connectivity index (χ1) is 6.25. The summed E-state index contributed by atoms with van der Waals surface area (Å²) in [5, 5.41) is 8.89. The molecular formula is C9H17NO2S. The predicted molar refractivity (Wildman–Crippen MR) is 55.2 cm³/mol. The van der Waals surface area contributed by atoms with Crippen LogP contribution in [0.2, 0.25) is 0 Å². The monoisotopic (exact) mass is 203 g/mol. The minimum absolute atomic E-state index is 0.207. The summed E-state index contributed by atoms with van der Waals surface area (Å²) < 4.78 is 0. The van der Waals surface area contributed by atoms with Gasteiger partial charge in [-0.25, -0.2) is 0 Å². The highest BCUT2D eigenvalue weighted by molar-refractivity contribution is 7.98. The summed E-state index contributed by atoms with van der Waals surface area (Å²) in [5.74, 6) is 0.477. The average Bonchev–Trinajstić information content (AvgIpc) is 2.53. The van der Waals surface area contributed by atoms with Gasteiger partial charge in [0.2, 0.25) is 0 Å². The third-order valence-electron chi connectivity index (χ3n) is 2.44. The van der Waals surface area contributed by atoms with Crippen molar-refractivity contribution in [3.8, 4) is 0 Å². The van der Waals surface area contributed by atoms with Crippen LogP contribution in [0.25, 0.3) is 0 Å². The van der Waals surface area contributed by atoms with Crippen LogP contribution >= 0.6 is 11.8 Å². The van der Waals surface area contributed by atoms with E-state index in [4.69, 9.17) is 5.11 Å². The second-order valence-electron chi connectivity index (χ2n) is 3.38. The summed E-state index contributed by atoms with van der Waals surface area (Å²) >= 11 is 1.82. The fourth-order valence-corrected chi connectivity index (χ4v) is 2.20. The van der Waals surface area contributed by atoms with Crippen LogP contribution < -0.4 is 0 Å². The summed E-state index contributed by atoms with van der Waals surface area (Å²) in [6.45, 7) is 1.91. The summed E-state index contributed by atoms with van der Waals surface area (Å²) in [5.41, 5.74) is 0. The molecule has 1 saturated heterocycles. The van der Waals surface area contributed by atoms with Crippen molar-refractivity contribution >= 4 is 17.7 Å². The zero-order valence-corrected chi connectivity index (χ0v) is 8.85. The van der Waals surface area contributed by atoms with Crippen molar-refractivity contribution in [1.82, 2.24) is 4.90 Å². The lowest BCUT2D eigenvalue weighted by Gasteiger charge is -2.20. The van der Waals surface area contributed by atoms with Crippen molar-refractivity contribution < 1.29 is 9.90 Å². The maximum Gasteiger partial charge on any atom is 0.320 e. The van der Waals surface area contributed by atoms with Crippen molar-refractivity contribution in [1.29, 1.82) is 0 Å². The Hall–Kier alpha value is -0.220. The van der Waals surface area contributed by atoms with E-state index in [1.807, 2.05) is 11.8 Å². The van der Waals surface area contributed by atoms with E-state index in [-0.39, 0.29) is 6.04 Å². The summed E-state index contributed by atoms with van der Waals surface area (Å²) in [4.78, 5) is 12.9. The predicted octanol–water partition coefficient (Wildman–Crippen LogP) is 1.29. The van der Waals surface area contributed by atoms with Gasteiger partial charge in [-0.2, -0.15) is 11.8 Å². The van der Waals surface area contributed by atoms with Crippen LogP contribution in [0.4, 0.5) is 0 Å². The molecule has 0 aromatic carbocycles. The second kappa shape index (κ2) is 5.50. The summed E-state index contributed by atoms with van der Waals surface area (Å²) in [6.07, 6.45) is 5.05.